The molecule has 120 valence electrons. The van der Waals surface area contributed by atoms with Crippen LogP contribution in [0.4, 0.5) is 0 Å². The Balaban J connectivity index is 2.37. The number of hydrogen-bond acceptors (Lipinski definition) is 4. The largest absolute Gasteiger partial charge is 0.493 e. The highest BCUT2D eigenvalue weighted by atomic mass is 16.5. The predicted octanol–water partition coefficient (Wildman–Crippen LogP) is 2.56. The maximum atomic E-state index is 11.7. The average molecular weight is 305 g/mol. The van der Waals surface area contributed by atoms with Crippen LogP contribution in [0.2, 0.25) is 0 Å². The molecule has 5 heteroatoms. The van der Waals surface area contributed by atoms with Gasteiger partial charge in [0.05, 0.1) is 13.2 Å². The van der Waals surface area contributed by atoms with E-state index < -0.39 is 0 Å². The zero-order valence-electron chi connectivity index (χ0n) is 13.1. The molecule has 1 aromatic rings. The summed E-state index contributed by atoms with van der Waals surface area (Å²) in [6.07, 6.45) is 4.05. The van der Waals surface area contributed by atoms with Crippen molar-refractivity contribution in [2.45, 2.75) is 26.7 Å². The van der Waals surface area contributed by atoms with Gasteiger partial charge in [0.25, 0.3) is 0 Å². The number of hydrogen-bond donors (Lipinski definition) is 1. The maximum Gasteiger partial charge on any atom is 0.305 e. The molecule has 1 aromatic carbocycles. The fourth-order valence-corrected chi connectivity index (χ4v) is 1.81. The lowest BCUT2D eigenvalue weighted by Gasteiger charge is -2.06. The Labute approximate surface area is 131 Å². The number of carbonyl (C=O) groups is 2. The zero-order chi connectivity index (χ0) is 16.2. The first-order valence-electron chi connectivity index (χ1n) is 7.50. The van der Waals surface area contributed by atoms with Gasteiger partial charge in [0.15, 0.2) is 0 Å². The van der Waals surface area contributed by atoms with Crippen molar-refractivity contribution in [3.63, 3.8) is 0 Å². The second kappa shape index (κ2) is 10.4. The molecule has 1 rings (SSSR count). The summed E-state index contributed by atoms with van der Waals surface area (Å²) in [6, 6.07) is 7.52. The predicted molar refractivity (Wildman–Crippen MR) is 85.5 cm³/mol. The van der Waals surface area contributed by atoms with Crippen LogP contribution < -0.4 is 10.1 Å². The number of benzene rings is 1. The molecule has 22 heavy (non-hydrogen) atoms. The Bertz CT molecular complexity index is 511. The highest BCUT2D eigenvalue weighted by Gasteiger charge is 2.02. The van der Waals surface area contributed by atoms with E-state index in [0.29, 0.717) is 32.6 Å². The van der Waals surface area contributed by atoms with Gasteiger partial charge in [0.2, 0.25) is 5.91 Å². The van der Waals surface area contributed by atoms with E-state index in [1.807, 2.05) is 31.2 Å². The molecule has 0 aliphatic rings. The Morgan fingerprint density at radius 2 is 1.95 bits per heavy atom. The Morgan fingerprint density at radius 3 is 2.68 bits per heavy atom. The van der Waals surface area contributed by atoms with Gasteiger partial charge in [0, 0.05) is 24.6 Å². The highest BCUT2D eigenvalue weighted by molar-refractivity contribution is 5.92. The van der Waals surface area contributed by atoms with Crippen LogP contribution in [0.15, 0.2) is 30.3 Å². The van der Waals surface area contributed by atoms with Gasteiger partial charge in [-0.05, 0) is 32.4 Å². The van der Waals surface area contributed by atoms with Crippen LogP contribution in [0.1, 0.15) is 32.3 Å². The summed E-state index contributed by atoms with van der Waals surface area (Å²) in [5.74, 6) is 0.310. The van der Waals surface area contributed by atoms with Crippen molar-refractivity contribution in [3.8, 4) is 5.75 Å². The number of ether oxygens (including phenoxy) is 2. The van der Waals surface area contributed by atoms with E-state index in [0.717, 1.165) is 11.3 Å². The van der Waals surface area contributed by atoms with E-state index in [9.17, 15) is 9.59 Å². The van der Waals surface area contributed by atoms with Crippen molar-refractivity contribution in [3.05, 3.63) is 35.9 Å². The van der Waals surface area contributed by atoms with Crippen molar-refractivity contribution >= 4 is 18.0 Å². The minimum Gasteiger partial charge on any atom is -0.493 e. The summed E-state index contributed by atoms with van der Waals surface area (Å²) in [6.45, 7) is 5.08. The summed E-state index contributed by atoms with van der Waals surface area (Å²) < 4.78 is 10.3. The molecule has 0 spiro atoms. The van der Waals surface area contributed by atoms with Gasteiger partial charge in [-0.2, -0.15) is 0 Å². The molecule has 0 aromatic heterocycles. The van der Waals surface area contributed by atoms with E-state index in [-0.39, 0.29) is 11.9 Å². The number of rotatable bonds is 9. The van der Waals surface area contributed by atoms with Crippen LogP contribution in [-0.4, -0.2) is 31.6 Å². The normalized spacial score (nSPS) is 10.5. The van der Waals surface area contributed by atoms with Gasteiger partial charge in [-0.3, -0.25) is 9.59 Å². The molecule has 0 saturated carbocycles. The first-order chi connectivity index (χ1) is 10.7. The SMILES string of the molecule is CCOC(=O)CCCNC(=O)C=Cc1ccccc1OCC. The van der Waals surface area contributed by atoms with Crippen molar-refractivity contribution < 1.29 is 19.1 Å². The minimum atomic E-state index is -0.238. The summed E-state index contributed by atoms with van der Waals surface area (Å²) in [5.41, 5.74) is 0.853. The smallest absolute Gasteiger partial charge is 0.305 e. The van der Waals surface area contributed by atoms with Crippen LogP contribution in [-0.2, 0) is 14.3 Å². The first-order valence-corrected chi connectivity index (χ1v) is 7.50. The topological polar surface area (TPSA) is 64.6 Å². The van der Waals surface area contributed by atoms with Gasteiger partial charge in [0.1, 0.15) is 5.75 Å². The van der Waals surface area contributed by atoms with Crippen LogP contribution in [0.3, 0.4) is 0 Å². The van der Waals surface area contributed by atoms with Crippen LogP contribution in [0.25, 0.3) is 6.08 Å². The third kappa shape index (κ3) is 6.92. The van der Waals surface area contributed by atoms with E-state index in [4.69, 9.17) is 9.47 Å². The molecule has 0 unspecified atom stereocenters. The zero-order valence-corrected chi connectivity index (χ0v) is 13.1. The average Bonchev–Trinajstić information content (AvgIpc) is 2.51. The lowest BCUT2D eigenvalue weighted by Crippen LogP contribution is -2.22. The summed E-state index contributed by atoms with van der Waals surface area (Å²) in [5, 5.41) is 2.73. The van der Waals surface area contributed by atoms with Gasteiger partial charge in [-0.15, -0.1) is 0 Å². The summed E-state index contributed by atoms with van der Waals surface area (Å²) >= 11 is 0. The van der Waals surface area contributed by atoms with Crippen molar-refractivity contribution in [2.75, 3.05) is 19.8 Å². The Hall–Kier alpha value is -2.30. The molecule has 1 N–H and O–H groups in total. The molecule has 0 aliphatic heterocycles. The number of carbonyl (C=O) groups excluding carboxylic acids is 2. The molecule has 0 aliphatic carbocycles. The monoisotopic (exact) mass is 305 g/mol. The molecule has 0 radical (unpaired) electrons. The number of amides is 1. The molecule has 0 heterocycles. The molecule has 5 nitrogen and oxygen atoms in total. The Morgan fingerprint density at radius 1 is 1.18 bits per heavy atom. The molecule has 0 fully saturated rings. The number of nitrogens with one attached hydrogen (secondary N) is 1. The van der Waals surface area contributed by atoms with Crippen LogP contribution in [0.5, 0.6) is 5.75 Å². The minimum absolute atomic E-state index is 0.199. The lowest BCUT2D eigenvalue weighted by atomic mass is 10.2. The maximum absolute atomic E-state index is 11.7. The second-order valence-corrected chi connectivity index (χ2v) is 4.50. The molecule has 1 amide bonds. The molecule has 0 saturated heterocycles. The Kier molecular flexibility index (Phi) is 8.42. The van der Waals surface area contributed by atoms with Crippen LogP contribution in [0, 0.1) is 0 Å². The highest BCUT2D eigenvalue weighted by Crippen LogP contribution is 2.19. The number of esters is 1. The number of para-hydroxylation sites is 1. The molecule has 0 bridgehead atoms. The van der Waals surface area contributed by atoms with Crippen LogP contribution >= 0.6 is 0 Å². The molecule has 0 atom stereocenters. The summed E-state index contributed by atoms with van der Waals surface area (Å²) in [7, 11) is 0. The standard InChI is InChI=1S/C17H23NO4/c1-3-21-15-9-6-5-8-14(15)11-12-16(19)18-13-7-10-17(20)22-4-2/h5-6,8-9,11-12H,3-4,7,10,13H2,1-2H3,(H,18,19). The van der Waals surface area contributed by atoms with E-state index in [2.05, 4.69) is 5.32 Å². The van der Waals surface area contributed by atoms with E-state index in [1.165, 1.54) is 6.08 Å². The van der Waals surface area contributed by atoms with Crippen molar-refractivity contribution in [2.24, 2.45) is 0 Å². The molecular formula is C17H23NO4. The summed E-state index contributed by atoms with van der Waals surface area (Å²) in [4.78, 5) is 22.8. The lowest BCUT2D eigenvalue weighted by molar-refractivity contribution is -0.143. The quantitative estimate of drug-likeness (QED) is 0.432. The van der Waals surface area contributed by atoms with E-state index >= 15 is 0 Å². The fraction of sp³-hybridized carbons (Fsp3) is 0.412. The van der Waals surface area contributed by atoms with E-state index in [1.54, 1.807) is 13.0 Å². The fourth-order valence-electron chi connectivity index (χ4n) is 1.81. The third-order valence-electron chi connectivity index (χ3n) is 2.80. The van der Waals surface area contributed by atoms with Crippen molar-refractivity contribution in [1.29, 1.82) is 0 Å². The second-order valence-electron chi connectivity index (χ2n) is 4.50. The van der Waals surface area contributed by atoms with Gasteiger partial charge < -0.3 is 14.8 Å². The molecular weight excluding hydrogens is 282 g/mol. The van der Waals surface area contributed by atoms with Gasteiger partial charge in [-0.1, -0.05) is 18.2 Å². The van der Waals surface area contributed by atoms with Gasteiger partial charge >= 0.3 is 5.97 Å². The van der Waals surface area contributed by atoms with Gasteiger partial charge in [-0.25, -0.2) is 0 Å². The third-order valence-corrected chi connectivity index (χ3v) is 2.80. The first kappa shape index (κ1) is 17.8. The van der Waals surface area contributed by atoms with Crippen molar-refractivity contribution in [1.82, 2.24) is 5.32 Å².